The lowest BCUT2D eigenvalue weighted by molar-refractivity contribution is -0.159. The first-order chi connectivity index (χ1) is 8.18. The van der Waals surface area contributed by atoms with Crippen molar-refractivity contribution in [3.8, 4) is 0 Å². The van der Waals surface area contributed by atoms with Crippen molar-refractivity contribution in [1.82, 2.24) is 9.80 Å². The highest BCUT2D eigenvalue weighted by molar-refractivity contribution is 6.27. The van der Waals surface area contributed by atoms with Crippen LogP contribution in [-0.4, -0.2) is 73.2 Å². The van der Waals surface area contributed by atoms with Crippen LogP contribution >= 0.6 is 0 Å². The van der Waals surface area contributed by atoms with E-state index in [1.807, 2.05) is 0 Å². The van der Waals surface area contributed by atoms with Gasteiger partial charge in [-0.3, -0.25) is 0 Å². The second-order valence-corrected chi connectivity index (χ2v) is 4.22. The van der Waals surface area contributed by atoms with Crippen molar-refractivity contribution in [3.63, 3.8) is 0 Å². The maximum Gasteiger partial charge on any atom is 0.414 e. The summed E-state index contributed by atoms with van der Waals surface area (Å²) in [6, 6.07) is 0. The Balaban J connectivity index is -0.000000187. The molecule has 0 rings (SSSR count). The molecule has 0 aromatic carbocycles. The van der Waals surface area contributed by atoms with E-state index in [1.54, 1.807) is 0 Å². The molecule has 0 spiro atoms. The number of carbonyl (C=O) groups is 2. The van der Waals surface area contributed by atoms with Gasteiger partial charge in [0.1, 0.15) is 0 Å². The first-order valence-corrected chi connectivity index (χ1v) is 5.94. The highest BCUT2D eigenvalue weighted by Gasteiger charge is 2.04. The predicted octanol–water partition coefficient (Wildman–Crippen LogP) is 1.07. The largest absolute Gasteiger partial charge is 0.473 e. The first kappa shape index (κ1) is 22.1. The van der Waals surface area contributed by atoms with E-state index in [-0.39, 0.29) is 0 Å². The van der Waals surface area contributed by atoms with E-state index in [4.69, 9.17) is 19.8 Å². The highest BCUT2D eigenvalue weighted by Crippen LogP contribution is 1.76. The van der Waals surface area contributed by atoms with Gasteiger partial charge >= 0.3 is 11.9 Å². The van der Waals surface area contributed by atoms with Crippen LogP contribution in [0.5, 0.6) is 0 Å². The van der Waals surface area contributed by atoms with Crippen LogP contribution in [0.15, 0.2) is 0 Å². The second kappa shape index (κ2) is 15.9. The molecule has 0 fully saturated rings. The summed E-state index contributed by atoms with van der Waals surface area (Å²) in [5, 5.41) is 14.8. The molecular formula is C12H28N2O4. The maximum atomic E-state index is 9.10. The summed E-state index contributed by atoms with van der Waals surface area (Å²) < 4.78 is 0. The summed E-state index contributed by atoms with van der Waals surface area (Å²) >= 11 is 0. The Morgan fingerprint density at radius 3 is 1.00 bits per heavy atom. The smallest absolute Gasteiger partial charge is 0.414 e. The number of carboxylic acid groups (broad SMARTS) is 2. The molecule has 0 radical (unpaired) electrons. The molecule has 0 atom stereocenters. The standard InChI is InChI=1S/2C5H13N.C2H2O4/c2*1-4-5-6(2)3;3-1(4)2(5)6/h2*4-5H2,1-3H3;(H,3,4)(H,5,6). The van der Waals surface area contributed by atoms with E-state index in [0.29, 0.717) is 0 Å². The van der Waals surface area contributed by atoms with Gasteiger partial charge in [0.15, 0.2) is 0 Å². The lowest BCUT2D eigenvalue weighted by Gasteiger charge is -2.03. The zero-order valence-corrected chi connectivity index (χ0v) is 12.4. The molecule has 0 aromatic heterocycles. The molecular weight excluding hydrogens is 236 g/mol. The molecule has 6 heteroatoms. The number of hydrogen-bond donors (Lipinski definition) is 2. The van der Waals surface area contributed by atoms with Crippen molar-refractivity contribution in [2.24, 2.45) is 0 Å². The number of carboxylic acids is 2. The van der Waals surface area contributed by atoms with Gasteiger partial charge in [0.05, 0.1) is 0 Å². The first-order valence-electron chi connectivity index (χ1n) is 5.94. The summed E-state index contributed by atoms with van der Waals surface area (Å²) in [7, 11) is 8.35. The van der Waals surface area contributed by atoms with Crippen LogP contribution in [0.2, 0.25) is 0 Å². The summed E-state index contributed by atoms with van der Waals surface area (Å²) in [4.78, 5) is 22.6. The van der Waals surface area contributed by atoms with Crippen LogP contribution in [0.3, 0.4) is 0 Å². The molecule has 0 heterocycles. The van der Waals surface area contributed by atoms with Gasteiger partial charge in [-0.25, -0.2) is 9.59 Å². The minimum Gasteiger partial charge on any atom is -0.473 e. The van der Waals surface area contributed by atoms with Crippen molar-refractivity contribution >= 4 is 11.9 Å². The van der Waals surface area contributed by atoms with Gasteiger partial charge in [0, 0.05) is 0 Å². The molecule has 0 amide bonds. The van der Waals surface area contributed by atoms with E-state index in [0.717, 1.165) is 0 Å². The minimum absolute atomic E-state index is 1.21. The fraction of sp³-hybridized carbons (Fsp3) is 0.833. The van der Waals surface area contributed by atoms with Gasteiger partial charge in [0.2, 0.25) is 0 Å². The number of rotatable bonds is 4. The lowest BCUT2D eigenvalue weighted by atomic mass is 10.5. The number of aliphatic carboxylic acids is 2. The van der Waals surface area contributed by atoms with Gasteiger partial charge in [-0.1, -0.05) is 13.8 Å². The number of nitrogens with zero attached hydrogens (tertiary/aromatic N) is 2. The molecule has 18 heavy (non-hydrogen) atoms. The summed E-state index contributed by atoms with van der Waals surface area (Å²) in [5.41, 5.74) is 0. The van der Waals surface area contributed by atoms with Crippen LogP contribution in [-0.2, 0) is 9.59 Å². The quantitative estimate of drug-likeness (QED) is 0.739. The van der Waals surface area contributed by atoms with Crippen molar-refractivity contribution in [1.29, 1.82) is 0 Å². The Bertz CT molecular complexity index is 184. The Kier molecular flexibility index (Phi) is 19.5. The molecule has 0 aliphatic heterocycles. The molecule has 0 aliphatic carbocycles. The third kappa shape index (κ3) is 36.4. The summed E-state index contributed by atoms with van der Waals surface area (Å²) in [6.45, 7) is 6.78. The van der Waals surface area contributed by atoms with Crippen LogP contribution < -0.4 is 0 Å². The van der Waals surface area contributed by atoms with Gasteiger partial charge in [-0.15, -0.1) is 0 Å². The lowest BCUT2D eigenvalue weighted by Crippen LogP contribution is -2.11. The zero-order valence-electron chi connectivity index (χ0n) is 12.4. The molecule has 0 aromatic rings. The van der Waals surface area contributed by atoms with Crippen LogP contribution in [0.25, 0.3) is 0 Å². The predicted molar refractivity (Wildman–Crippen MR) is 73.0 cm³/mol. The van der Waals surface area contributed by atoms with E-state index in [1.165, 1.54) is 25.9 Å². The third-order valence-electron chi connectivity index (χ3n) is 1.52. The molecule has 0 bridgehead atoms. The van der Waals surface area contributed by atoms with Crippen LogP contribution in [0.4, 0.5) is 0 Å². The molecule has 0 aliphatic rings. The molecule has 0 saturated heterocycles. The van der Waals surface area contributed by atoms with Crippen molar-refractivity contribution in [2.45, 2.75) is 26.7 Å². The maximum absolute atomic E-state index is 9.10. The molecule has 0 unspecified atom stereocenters. The molecule has 110 valence electrons. The highest BCUT2D eigenvalue weighted by atomic mass is 16.4. The Morgan fingerprint density at radius 1 is 0.778 bits per heavy atom. The average molecular weight is 264 g/mol. The third-order valence-corrected chi connectivity index (χ3v) is 1.52. The summed E-state index contributed by atoms with van der Waals surface area (Å²) in [6.07, 6.45) is 2.51. The SMILES string of the molecule is CCCN(C)C.CCCN(C)C.O=C(O)C(=O)O. The van der Waals surface area contributed by atoms with Gasteiger partial charge in [0.25, 0.3) is 0 Å². The van der Waals surface area contributed by atoms with Crippen molar-refractivity contribution in [2.75, 3.05) is 41.3 Å². The monoisotopic (exact) mass is 264 g/mol. The fourth-order valence-corrected chi connectivity index (χ4v) is 0.894. The Hall–Kier alpha value is -1.14. The van der Waals surface area contributed by atoms with Gasteiger partial charge in [-0.2, -0.15) is 0 Å². The second-order valence-electron chi connectivity index (χ2n) is 4.22. The average Bonchev–Trinajstić information content (AvgIpc) is 2.18. The zero-order chi connectivity index (χ0) is 15.1. The van der Waals surface area contributed by atoms with Gasteiger partial charge in [-0.05, 0) is 54.1 Å². The van der Waals surface area contributed by atoms with E-state index >= 15 is 0 Å². The molecule has 0 saturated carbocycles. The van der Waals surface area contributed by atoms with E-state index < -0.39 is 11.9 Å². The Morgan fingerprint density at radius 2 is 1.00 bits per heavy atom. The molecule has 6 nitrogen and oxygen atoms in total. The fourth-order valence-electron chi connectivity index (χ4n) is 0.894. The van der Waals surface area contributed by atoms with E-state index in [2.05, 4.69) is 51.8 Å². The van der Waals surface area contributed by atoms with E-state index in [9.17, 15) is 0 Å². The van der Waals surface area contributed by atoms with Crippen LogP contribution in [0, 0.1) is 0 Å². The normalized spacial score (nSPS) is 9.11. The molecule has 2 N–H and O–H groups in total. The Labute approximate surface area is 110 Å². The topological polar surface area (TPSA) is 81.1 Å². The van der Waals surface area contributed by atoms with Crippen LogP contribution in [0.1, 0.15) is 26.7 Å². The minimum atomic E-state index is -1.82. The van der Waals surface area contributed by atoms with Crippen molar-refractivity contribution in [3.05, 3.63) is 0 Å². The summed E-state index contributed by atoms with van der Waals surface area (Å²) in [5.74, 6) is -3.65. The van der Waals surface area contributed by atoms with Crippen molar-refractivity contribution < 1.29 is 19.8 Å². The van der Waals surface area contributed by atoms with Gasteiger partial charge < -0.3 is 20.0 Å². The number of hydrogen-bond acceptors (Lipinski definition) is 4.